The molecule has 118 valence electrons. The molecule has 0 bridgehead atoms. The van der Waals surface area contributed by atoms with Crippen LogP contribution in [-0.4, -0.2) is 38.7 Å². The van der Waals surface area contributed by atoms with E-state index in [4.69, 9.17) is 9.47 Å². The van der Waals surface area contributed by atoms with Gasteiger partial charge in [0.25, 0.3) is 5.91 Å². The third-order valence-electron chi connectivity index (χ3n) is 3.15. The fourth-order valence-corrected chi connectivity index (χ4v) is 2.19. The number of hydrogen-bond acceptors (Lipinski definition) is 4. The topological polar surface area (TPSA) is 55.8 Å². The fourth-order valence-electron chi connectivity index (χ4n) is 2.19. The number of amides is 1. The van der Waals surface area contributed by atoms with E-state index in [1.165, 1.54) is 19.1 Å². The second kappa shape index (κ2) is 8.42. The number of carbonyl (C=O) groups is 2. The minimum absolute atomic E-state index is 0. The summed E-state index contributed by atoms with van der Waals surface area (Å²) in [7, 11) is 2.76. The van der Waals surface area contributed by atoms with Crippen LogP contribution in [0.4, 0.5) is 5.69 Å². The summed E-state index contributed by atoms with van der Waals surface area (Å²) in [6, 6.07) is 5.01. The minimum Gasteiger partial charge on any atom is -0.467 e. The predicted octanol–water partition coefficient (Wildman–Crippen LogP) is 2.48. The molecule has 21 heavy (non-hydrogen) atoms. The van der Waals surface area contributed by atoms with Crippen LogP contribution in [0.3, 0.4) is 0 Å². The molecule has 5 nitrogen and oxygen atoms in total. The van der Waals surface area contributed by atoms with E-state index in [0.717, 1.165) is 16.8 Å². The van der Waals surface area contributed by atoms with Crippen LogP contribution in [0.5, 0.6) is 0 Å². The number of para-hydroxylation sites is 1. The summed E-state index contributed by atoms with van der Waals surface area (Å²) in [6.45, 7) is 5.36. The Morgan fingerprint density at radius 2 is 1.71 bits per heavy atom. The van der Waals surface area contributed by atoms with E-state index in [2.05, 4.69) is 0 Å². The maximum atomic E-state index is 12.3. The van der Waals surface area contributed by atoms with Gasteiger partial charge in [0, 0.05) is 7.11 Å². The molecule has 0 fully saturated rings. The molecule has 0 spiro atoms. The van der Waals surface area contributed by atoms with Gasteiger partial charge in [-0.3, -0.25) is 9.69 Å². The monoisotopic (exact) mass is 295 g/mol. The van der Waals surface area contributed by atoms with Crippen LogP contribution in [0.2, 0.25) is 0 Å². The highest BCUT2D eigenvalue weighted by molar-refractivity contribution is 6.01. The van der Waals surface area contributed by atoms with Crippen molar-refractivity contribution in [3.63, 3.8) is 0 Å². The zero-order chi connectivity index (χ0) is 15.3. The summed E-state index contributed by atoms with van der Waals surface area (Å²) in [6.07, 6.45) is 0. The average Bonchev–Trinajstić information content (AvgIpc) is 2.41. The van der Waals surface area contributed by atoms with Crippen molar-refractivity contribution in [3.8, 4) is 0 Å². The van der Waals surface area contributed by atoms with Gasteiger partial charge in [0.1, 0.15) is 12.6 Å². The maximum Gasteiger partial charge on any atom is 0.328 e. The summed E-state index contributed by atoms with van der Waals surface area (Å²) >= 11 is 0. The van der Waals surface area contributed by atoms with Crippen LogP contribution >= 0.6 is 0 Å². The molecule has 1 aromatic rings. The number of carbonyl (C=O) groups excluding carboxylic acids is 2. The van der Waals surface area contributed by atoms with Crippen molar-refractivity contribution in [3.05, 3.63) is 29.3 Å². The van der Waals surface area contributed by atoms with Crippen LogP contribution in [-0.2, 0) is 19.1 Å². The Morgan fingerprint density at radius 3 is 2.14 bits per heavy atom. The Labute approximate surface area is 126 Å². The molecule has 0 aliphatic heterocycles. The Bertz CT molecular complexity index is 479. The van der Waals surface area contributed by atoms with Gasteiger partial charge >= 0.3 is 5.97 Å². The van der Waals surface area contributed by atoms with Crippen molar-refractivity contribution < 1.29 is 19.1 Å². The molecule has 0 aliphatic carbocycles. The number of benzene rings is 1. The first-order chi connectivity index (χ1) is 9.43. The van der Waals surface area contributed by atoms with Crippen molar-refractivity contribution in [2.45, 2.75) is 34.2 Å². The molecule has 0 radical (unpaired) electrons. The molecule has 1 rings (SSSR count). The van der Waals surface area contributed by atoms with Gasteiger partial charge in [-0.2, -0.15) is 0 Å². The number of hydrogen-bond donors (Lipinski definition) is 0. The Hall–Kier alpha value is -1.88. The van der Waals surface area contributed by atoms with Crippen LogP contribution < -0.4 is 4.90 Å². The summed E-state index contributed by atoms with van der Waals surface area (Å²) in [4.78, 5) is 25.5. The van der Waals surface area contributed by atoms with E-state index < -0.39 is 12.0 Å². The van der Waals surface area contributed by atoms with E-state index in [9.17, 15) is 9.59 Å². The zero-order valence-electron chi connectivity index (χ0n) is 12.6. The molecule has 0 saturated heterocycles. The third-order valence-corrected chi connectivity index (χ3v) is 3.15. The van der Waals surface area contributed by atoms with Crippen molar-refractivity contribution in [1.29, 1.82) is 0 Å². The van der Waals surface area contributed by atoms with E-state index in [1.807, 2.05) is 32.0 Å². The molecule has 0 heterocycles. The lowest BCUT2D eigenvalue weighted by molar-refractivity contribution is -0.143. The Balaban J connectivity index is 0.00000400. The van der Waals surface area contributed by atoms with Crippen LogP contribution in [0, 0.1) is 13.8 Å². The van der Waals surface area contributed by atoms with Crippen molar-refractivity contribution in [2.75, 3.05) is 25.7 Å². The van der Waals surface area contributed by atoms with Crippen molar-refractivity contribution in [1.82, 2.24) is 0 Å². The van der Waals surface area contributed by atoms with Crippen LogP contribution in [0.1, 0.15) is 25.5 Å². The summed E-state index contributed by atoms with van der Waals surface area (Å²) in [5, 5.41) is 0. The Kier molecular flexibility index (Phi) is 7.66. The number of ether oxygens (including phenoxy) is 2. The first kappa shape index (κ1) is 19.1. The normalized spacial score (nSPS) is 11.3. The third kappa shape index (κ3) is 4.29. The lowest BCUT2D eigenvalue weighted by Crippen LogP contribution is -2.46. The second-order valence-electron chi connectivity index (χ2n) is 4.64. The second-order valence-corrected chi connectivity index (χ2v) is 4.64. The van der Waals surface area contributed by atoms with E-state index >= 15 is 0 Å². The Morgan fingerprint density at radius 1 is 1.19 bits per heavy atom. The number of anilines is 1. The first-order valence-electron chi connectivity index (χ1n) is 6.39. The highest BCUT2D eigenvalue weighted by atomic mass is 16.5. The minimum atomic E-state index is -0.706. The summed E-state index contributed by atoms with van der Waals surface area (Å²) < 4.78 is 9.65. The van der Waals surface area contributed by atoms with Gasteiger partial charge in [0.05, 0.1) is 12.8 Å². The molecule has 0 N–H and O–H groups in total. The van der Waals surface area contributed by atoms with Gasteiger partial charge in [-0.05, 0) is 31.9 Å². The molecule has 0 saturated carbocycles. The fraction of sp³-hybridized carbons (Fsp3) is 0.500. The number of nitrogens with zero attached hydrogens (tertiary/aromatic N) is 1. The molecule has 1 atom stereocenters. The highest BCUT2D eigenvalue weighted by Crippen LogP contribution is 2.27. The van der Waals surface area contributed by atoms with E-state index in [-0.39, 0.29) is 19.9 Å². The van der Waals surface area contributed by atoms with E-state index in [1.54, 1.807) is 6.92 Å². The van der Waals surface area contributed by atoms with Crippen LogP contribution in [0.15, 0.2) is 18.2 Å². The molecular formula is C16H25NO4. The lowest BCUT2D eigenvalue weighted by atomic mass is 10.1. The summed E-state index contributed by atoms with van der Waals surface area (Å²) in [5.41, 5.74) is 2.57. The van der Waals surface area contributed by atoms with Gasteiger partial charge in [0.15, 0.2) is 0 Å². The van der Waals surface area contributed by atoms with E-state index in [0.29, 0.717) is 0 Å². The number of aryl methyl sites for hydroxylation is 2. The average molecular weight is 295 g/mol. The number of esters is 1. The largest absolute Gasteiger partial charge is 0.467 e. The SMILES string of the molecule is C.COCC(=O)N(c1c(C)cccc1C)[C@H](C)C(=O)OC. The quantitative estimate of drug-likeness (QED) is 0.783. The van der Waals surface area contributed by atoms with Crippen LogP contribution in [0.25, 0.3) is 0 Å². The van der Waals surface area contributed by atoms with Gasteiger partial charge < -0.3 is 9.47 Å². The molecule has 0 unspecified atom stereocenters. The molecule has 5 heteroatoms. The number of methoxy groups -OCH3 is 2. The lowest BCUT2D eigenvalue weighted by Gasteiger charge is -2.30. The summed E-state index contributed by atoms with van der Waals surface area (Å²) in [5.74, 6) is -0.736. The van der Waals surface area contributed by atoms with Crippen molar-refractivity contribution >= 4 is 17.6 Å². The smallest absolute Gasteiger partial charge is 0.328 e. The molecule has 0 aromatic heterocycles. The molecular weight excluding hydrogens is 270 g/mol. The molecule has 0 aliphatic rings. The highest BCUT2D eigenvalue weighted by Gasteiger charge is 2.29. The van der Waals surface area contributed by atoms with Crippen molar-refractivity contribution in [2.24, 2.45) is 0 Å². The maximum absolute atomic E-state index is 12.3. The predicted molar refractivity (Wildman–Crippen MR) is 83.5 cm³/mol. The van der Waals surface area contributed by atoms with Gasteiger partial charge in [-0.15, -0.1) is 0 Å². The number of rotatable bonds is 5. The van der Waals surface area contributed by atoms with Gasteiger partial charge in [-0.1, -0.05) is 25.6 Å². The zero-order valence-corrected chi connectivity index (χ0v) is 12.6. The molecule has 1 amide bonds. The molecule has 1 aromatic carbocycles. The standard InChI is InChI=1S/C15H21NO4.CH4/c1-10-7-6-8-11(2)14(10)16(13(17)9-19-4)12(3)15(18)20-5;/h6-8,12H,9H2,1-5H3;1H4/t12-;/m1./s1. The van der Waals surface area contributed by atoms with Gasteiger partial charge in [0.2, 0.25) is 0 Å². The first-order valence-corrected chi connectivity index (χ1v) is 6.39. The van der Waals surface area contributed by atoms with Gasteiger partial charge in [-0.25, -0.2) is 4.79 Å².